The summed E-state index contributed by atoms with van der Waals surface area (Å²) in [6.07, 6.45) is 8.61. The van der Waals surface area contributed by atoms with Gasteiger partial charge in [-0.3, -0.25) is 0 Å². The van der Waals surface area contributed by atoms with Gasteiger partial charge in [-0.05, 0) is 63.2 Å². The van der Waals surface area contributed by atoms with Crippen molar-refractivity contribution in [3.8, 4) is 0 Å². The maximum atomic E-state index is 4.62. The smallest absolute Gasteiger partial charge is 0.103 e. The van der Waals surface area contributed by atoms with Crippen LogP contribution in [0.25, 0.3) is 22.4 Å². The van der Waals surface area contributed by atoms with Gasteiger partial charge in [0.05, 0.1) is 6.04 Å². The topological polar surface area (TPSA) is 36.1 Å². The summed E-state index contributed by atoms with van der Waals surface area (Å²) in [7, 11) is 0. The summed E-state index contributed by atoms with van der Waals surface area (Å²) in [6.45, 7) is 8.20. The van der Waals surface area contributed by atoms with Crippen molar-refractivity contribution in [3.05, 3.63) is 185 Å². The number of hydrogen-bond donors (Lipinski definition) is 3. The van der Waals surface area contributed by atoms with Gasteiger partial charge in [0.15, 0.2) is 0 Å². The van der Waals surface area contributed by atoms with Crippen LogP contribution in [-0.4, -0.2) is 6.54 Å². The number of dihydropyridines is 1. The molecule has 1 atom stereocenters. The average Bonchev–Trinajstić information content (AvgIpc) is 3.06. The highest BCUT2D eigenvalue weighted by Crippen LogP contribution is 2.37. The first-order valence-corrected chi connectivity index (χ1v) is 14.9. The second-order valence-electron chi connectivity index (χ2n) is 10.8. The lowest BCUT2D eigenvalue weighted by molar-refractivity contribution is 0.576. The molecule has 0 aliphatic carbocycles. The Bertz CT molecular complexity index is 1810. The highest BCUT2D eigenvalue weighted by atomic mass is 15.1. The molecule has 5 aromatic carbocycles. The third-order valence-corrected chi connectivity index (χ3v) is 7.94. The van der Waals surface area contributed by atoms with E-state index in [0.717, 1.165) is 46.9 Å². The fraction of sp³-hybridized carbons (Fsp3) is 0.100. The van der Waals surface area contributed by atoms with Crippen molar-refractivity contribution in [2.45, 2.75) is 19.5 Å². The van der Waals surface area contributed by atoms with Gasteiger partial charge in [0.2, 0.25) is 0 Å². The van der Waals surface area contributed by atoms with Gasteiger partial charge in [0, 0.05) is 24.3 Å². The molecule has 43 heavy (non-hydrogen) atoms. The van der Waals surface area contributed by atoms with Gasteiger partial charge >= 0.3 is 0 Å². The van der Waals surface area contributed by atoms with Crippen LogP contribution in [0.15, 0.2) is 158 Å². The first-order valence-electron chi connectivity index (χ1n) is 14.9. The molecule has 0 saturated carbocycles. The van der Waals surface area contributed by atoms with Gasteiger partial charge in [-0.2, -0.15) is 0 Å². The second kappa shape index (κ2) is 13.2. The van der Waals surface area contributed by atoms with E-state index in [1.165, 1.54) is 27.5 Å². The van der Waals surface area contributed by atoms with Crippen LogP contribution in [0.3, 0.4) is 0 Å². The lowest BCUT2D eigenvalue weighted by atomic mass is 9.90. The molecule has 0 bridgehead atoms. The Hall–Kier alpha value is -5.12. The predicted octanol–water partition coefficient (Wildman–Crippen LogP) is 9.25. The Morgan fingerprint density at radius 3 is 2.30 bits per heavy atom. The first kappa shape index (κ1) is 28.0. The molecule has 0 radical (unpaired) electrons. The maximum Gasteiger partial charge on any atom is 0.103 e. The van der Waals surface area contributed by atoms with Crippen molar-refractivity contribution in [1.82, 2.24) is 10.6 Å². The van der Waals surface area contributed by atoms with E-state index in [2.05, 4.69) is 168 Å². The van der Waals surface area contributed by atoms with Crippen LogP contribution in [0.2, 0.25) is 0 Å². The second-order valence-corrected chi connectivity index (χ2v) is 10.8. The highest BCUT2D eigenvalue weighted by Gasteiger charge is 2.20. The molecule has 1 unspecified atom stereocenters. The zero-order chi connectivity index (χ0) is 29.4. The van der Waals surface area contributed by atoms with Crippen molar-refractivity contribution >= 4 is 28.1 Å². The molecule has 0 aromatic heterocycles. The number of nitrogens with one attached hydrogen (secondary N) is 3. The molecule has 1 heterocycles. The van der Waals surface area contributed by atoms with Gasteiger partial charge in [0.25, 0.3) is 0 Å². The molecular weight excluding hydrogens is 522 g/mol. The van der Waals surface area contributed by atoms with Gasteiger partial charge in [0.1, 0.15) is 5.82 Å². The van der Waals surface area contributed by atoms with Crippen LogP contribution in [0.1, 0.15) is 40.8 Å². The monoisotopic (exact) mass is 559 g/mol. The lowest BCUT2D eigenvalue weighted by Gasteiger charge is -2.27. The molecular formula is C40H37N3. The molecule has 3 heteroatoms. The summed E-state index contributed by atoms with van der Waals surface area (Å²) in [5, 5.41) is 13.5. The standard InChI is InChI=1S/C40H37N3/c1-3-14-31-17-10-12-21-35(31)29(2)39-36-22-13-11-18-32(36)23-25-37(39)43-38-26-24-34(28-41-38)40(33-19-8-5-9-20-33)42-27-30-15-6-4-7-16-30/h3-26,40-43H,2,27-28H2,1H3/b14-3-. The minimum atomic E-state index is 0.103. The number of anilines is 1. The molecule has 0 fully saturated rings. The van der Waals surface area contributed by atoms with Crippen molar-refractivity contribution in [3.63, 3.8) is 0 Å². The van der Waals surface area contributed by atoms with Gasteiger partial charge in [-0.15, -0.1) is 0 Å². The van der Waals surface area contributed by atoms with E-state index in [-0.39, 0.29) is 6.04 Å². The maximum absolute atomic E-state index is 4.62. The summed E-state index contributed by atoms with van der Waals surface area (Å²) >= 11 is 0. The zero-order valence-corrected chi connectivity index (χ0v) is 24.6. The van der Waals surface area contributed by atoms with E-state index in [9.17, 15) is 0 Å². The van der Waals surface area contributed by atoms with Crippen molar-refractivity contribution in [1.29, 1.82) is 0 Å². The Kier molecular flexibility index (Phi) is 8.63. The molecule has 5 aromatic rings. The Labute approximate surface area is 255 Å². The third-order valence-electron chi connectivity index (χ3n) is 7.94. The Morgan fingerprint density at radius 2 is 1.53 bits per heavy atom. The molecule has 3 nitrogen and oxygen atoms in total. The van der Waals surface area contributed by atoms with E-state index >= 15 is 0 Å². The van der Waals surface area contributed by atoms with Crippen molar-refractivity contribution in [2.75, 3.05) is 11.9 Å². The van der Waals surface area contributed by atoms with E-state index in [4.69, 9.17) is 0 Å². The van der Waals surface area contributed by atoms with Gasteiger partial charge in [-0.1, -0.05) is 140 Å². The molecule has 0 spiro atoms. The van der Waals surface area contributed by atoms with Crippen LogP contribution in [0.5, 0.6) is 0 Å². The zero-order valence-electron chi connectivity index (χ0n) is 24.6. The summed E-state index contributed by atoms with van der Waals surface area (Å²) in [4.78, 5) is 0. The van der Waals surface area contributed by atoms with Gasteiger partial charge < -0.3 is 16.0 Å². The van der Waals surface area contributed by atoms with E-state index in [1.54, 1.807) is 0 Å². The molecule has 212 valence electrons. The highest BCUT2D eigenvalue weighted by molar-refractivity contribution is 6.03. The normalized spacial score (nSPS) is 13.7. The SMILES string of the molecule is C=C(c1ccccc1/C=C\C)c1c(NC2=CC=C(C(NCc3ccccc3)c3ccccc3)CN2)ccc2ccccc12. The summed E-state index contributed by atoms with van der Waals surface area (Å²) in [5.41, 5.74) is 9.23. The van der Waals surface area contributed by atoms with E-state index in [1.807, 2.05) is 6.92 Å². The molecule has 1 aliphatic rings. The van der Waals surface area contributed by atoms with Gasteiger partial charge in [-0.25, -0.2) is 0 Å². The molecule has 1 aliphatic heterocycles. The number of rotatable bonds is 10. The summed E-state index contributed by atoms with van der Waals surface area (Å²) < 4.78 is 0. The molecule has 6 rings (SSSR count). The molecule has 3 N–H and O–H groups in total. The van der Waals surface area contributed by atoms with Crippen LogP contribution < -0.4 is 16.0 Å². The number of fused-ring (bicyclic) bond motifs is 1. The largest absolute Gasteiger partial charge is 0.368 e. The van der Waals surface area contributed by atoms with Crippen molar-refractivity contribution < 1.29 is 0 Å². The minimum absolute atomic E-state index is 0.103. The molecule has 0 amide bonds. The fourth-order valence-electron chi connectivity index (χ4n) is 5.79. The summed E-state index contributed by atoms with van der Waals surface area (Å²) in [5.74, 6) is 0.963. The summed E-state index contributed by atoms with van der Waals surface area (Å²) in [6, 6.07) is 42.7. The van der Waals surface area contributed by atoms with E-state index < -0.39 is 0 Å². The predicted molar refractivity (Wildman–Crippen MR) is 183 cm³/mol. The Morgan fingerprint density at radius 1 is 0.814 bits per heavy atom. The van der Waals surface area contributed by atoms with Crippen LogP contribution in [-0.2, 0) is 6.54 Å². The fourth-order valence-corrected chi connectivity index (χ4v) is 5.79. The Balaban J connectivity index is 1.32. The number of hydrogen-bond acceptors (Lipinski definition) is 3. The van der Waals surface area contributed by atoms with Crippen LogP contribution in [0.4, 0.5) is 5.69 Å². The number of benzene rings is 5. The average molecular weight is 560 g/mol. The minimum Gasteiger partial charge on any atom is -0.368 e. The quantitative estimate of drug-likeness (QED) is 0.160. The number of allylic oxidation sites excluding steroid dienone is 3. The molecule has 0 saturated heterocycles. The third kappa shape index (κ3) is 6.38. The van der Waals surface area contributed by atoms with Crippen LogP contribution in [0, 0.1) is 0 Å². The van der Waals surface area contributed by atoms with Crippen LogP contribution >= 0.6 is 0 Å². The van der Waals surface area contributed by atoms with Crippen molar-refractivity contribution in [2.24, 2.45) is 0 Å². The van der Waals surface area contributed by atoms with E-state index in [0.29, 0.717) is 0 Å². The first-order chi connectivity index (χ1) is 21.2. The lowest BCUT2D eigenvalue weighted by Crippen LogP contribution is -2.31.